The SMILES string of the molecule is CC1(C)CCC2(CC1)N[C@@H](C(=O)NC1CCC(CN3CCN(CCCc4cccn5c(N6CCC(=O)NC6=O)cnc45)CC3)CC1)[C@H](c1ccnc(Cl)c1F)[C@]21C(=O)Nc2cc(Cl)ccc21. The lowest BCUT2D eigenvalue weighted by molar-refractivity contribution is -0.125. The summed E-state index contributed by atoms with van der Waals surface area (Å²) in [6.45, 7) is 10.9. The quantitative estimate of drug-likeness (QED) is 0.125. The van der Waals surface area contributed by atoms with Gasteiger partial charge in [-0.05, 0) is 123 Å². The van der Waals surface area contributed by atoms with Crippen LogP contribution in [0.1, 0.15) is 101 Å². The van der Waals surface area contributed by atoms with Crippen molar-refractivity contribution in [1.29, 1.82) is 0 Å². The average Bonchev–Trinajstić information content (AvgIpc) is 3.95. The Morgan fingerprint density at radius 1 is 0.924 bits per heavy atom. The van der Waals surface area contributed by atoms with Crippen molar-refractivity contribution < 1.29 is 23.6 Å². The van der Waals surface area contributed by atoms with E-state index < -0.39 is 34.8 Å². The number of hydrogen-bond donors (Lipinski definition) is 4. The first-order chi connectivity index (χ1) is 31.7. The number of halogens is 3. The largest absolute Gasteiger partial charge is 0.352 e. The molecule has 0 radical (unpaired) electrons. The molecule has 7 heterocycles. The van der Waals surface area contributed by atoms with Crippen LogP contribution in [0.2, 0.25) is 10.2 Å². The fourth-order valence-electron chi connectivity index (χ4n) is 12.4. The van der Waals surface area contributed by atoms with E-state index in [2.05, 4.69) is 60.9 Å². The molecule has 4 aliphatic heterocycles. The van der Waals surface area contributed by atoms with Gasteiger partial charge in [0.05, 0.1) is 12.2 Å². The number of hydrogen-bond acceptors (Lipinski definition) is 9. The molecule has 0 unspecified atom stereocenters. The summed E-state index contributed by atoms with van der Waals surface area (Å²) >= 11 is 12.8. The molecular formula is C49H59Cl2FN10O4. The highest BCUT2D eigenvalue weighted by Gasteiger charge is 2.73. The molecular weight excluding hydrogens is 883 g/mol. The number of carbonyl (C=O) groups excluding carboxylic acids is 4. The van der Waals surface area contributed by atoms with Gasteiger partial charge in [0.2, 0.25) is 17.7 Å². The number of nitrogens with zero attached hydrogens (tertiary/aromatic N) is 6. The van der Waals surface area contributed by atoms with Gasteiger partial charge in [-0.1, -0.05) is 49.2 Å². The Labute approximate surface area is 394 Å². The Morgan fingerprint density at radius 2 is 1.68 bits per heavy atom. The van der Waals surface area contributed by atoms with Crippen LogP contribution in [0.4, 0.5) is 20.7 Å². The Kier molecular flexibility index (Phi) is 12.1. The van der Waals surface area contributed by atoms with Gasteiger partial charge >= 0.3 is 6.03 Å². The molecule has 3 saturated heterocycles. The number of pyridine rings is 2. The maximum Gasteiger partial charge on any atom is 0.329 e. The van der Waals surface area contributed by atoms with Crippen molar-refractivity contribution in [3.05, 3.63) is 87.7 Å². The molecule has 5 amide bonds. The van der Waals surface area contributed by atoms with Crippen LogP contribution in [-0.2, 0) is 26.2 Å². The average molecular weight is 942 g/mol. The summed E-state index contributed by atoms with van der Waals surface area (Å²) < 4.78 is 18.3. The first-order valence-corrected chi connectivity index (χ1v) is 24.5. The summed E-state index contributed by atoms with van der Waals surface area (Å²) in [6, 6.07) is 9.71. The van der Waals surface area contributed by atoms with Crippen molar-refractivity contribution in [3.63, 3.8) is 0 Å². The number of aryl methyl sites for hydroxylation is 1. The second-order valence-electron chi connectivity index (χ2n) is 20.4. The number of aromatic nitrogens is 3. The van der Waals surface area contributed by atoms with Gasteiger partial charge in [0, 0.05) is 86.3 Å². The predicted molar refractivity (Wildman–Crippen MR) is 251 cm³/mol. The Balaban J connectivity index is 0.754. The Bertz CT molecular complexity index is 2550. The van der Waals surface area contributed by atoms with Crippen LogP contribution >= 0.6 is 23.2 Å². The minimum absolute atomic E-state index is 0.0328. The van der Waals surface area contributed by atoms with Gasteiger partial charge in [0.25, 0.3) is 0 Å². The number of rotatable bonds is 10. The number of imidazole rings is 1. The number of anilines is 2. The lowest BCUT2D eigenvalue weighted by Crippen LogP contribution is -2.61. The van der Waals surface area contributed by atoms with Crippen LogP contribution in [0, 0.1) is 17.2 Å². The minimum Gasteiger partial charge on any atom is -0.352 e. The summed E-state index contributed by atoms with van der Waals surface area (Å²) in [7, 11) is 0. The van der Waals surface area contributed by atoms with Crippen LogP contribution in [0.25, 0.3) is 5.65 Å². The van der Waals surface area contributed by atoms with Gasteiger partial charge < -0.3 is 20.4 Å². The zero-order valence-electron chi connectivity index (χ0n) is 37.7. The molecule has 350 valence electrons. The minimum atomic E-state index is -1.31. The zero-order chi connectivity index (χ0) is 46.0. The van der Waals surface area contributed by atoms with Crippen LogP contribution in [0.5, 0.6) is 0 Å². The smallest absolute Gasteiger partial charge is 0.329 e. The summed E-state index contributed by atoms with van der Waals surface area (Å²) in [5, 5.41) is 12.9. The van der Waals surface area contributed by atoms with E-state index >= 15 is 4.39 Å². The Morgan fingerprint density at radius 3 is 2.44 bits per heavy atom. The van der Waals surface area contributed by atoms with Crippen molar-refractivity contribution in [2.24, 2.45) is 11.3 Å². The molecule has 1 aromatic carbocycles. The third-order valence-corrected chi connectivity index (χ3v) is 16.5. The van der Waals surface area contributed by atoms with E-state index in [0.717, 1.165) is 107 Å². The fraction of sp³-hybridized carbons (Fsp3) is 0.551. The number of benzene rings is 1. The summed E-state index contributed by atoms with van der Waals surface area (Å²) in [4.78, 5) is 69.2. The highest BCUT2D eigenvalue weighted by Crippen LogP contribution is 2.64. The van der Waals surface area contributed by atoms with Gasteiger partial charge in [0.1, 0.15) is 16.9 Å². The third-order valence-electron chi connectivity index (χ3n) is 16.0. The second-order valence-corrected chi connectivity index (χ2v) is 21.2. The summed E-state index contributed by atoms with van der Waals surface area (Å²) in [5.74, 6) is -1.15. The first kappa shape index (κ1) is 45.1. The van der Waals surface area contributed by atoms with E-state index in [4.69, 9.17) is 23.2 Å². The molecule has 17 heteroatoms. The molecule has 3 atom stereocenters. The molecule has 4 aromatic rings. The van der Waals surface area contributed by atoms with Crippen LogP contribution in [0.3, 0.4) is 0 Å². The highest BCUT2D eigenvalue weighted by molar-refractivity contribution is 6.31. The summed E-state index contributed by atoms with van der Waals surface area (Å²) in [5.41, 5.74) is 1.40. The predicted octanol–water partition coefficient (Wildman–Crippen LogP) is 6.83. The highest BCUT2D eigenvalue weighted by atomic mass is 35.5. The summed E-state index contributed by atoms with van der Waals surface area (Å²) in [6.07, 6.45) is 13.8. The van der Waals surface area contributed by atoms with Gasteiger partial charge in [-0.15, -0.1) is 0 Å². The number of carbonyl (C=O) groups is 4. The molecule has 3 aromatic heterocycles. The van der Waals surface area contributed by atoms with Gasteiger partial charge in [0.15, 0.2) is 11.0 Å². The van der Waals surface area contributed by atoms with Crippen molar-refractivity contribution in [3.8, 4) is 0 Å². The molecule has 2 saturated carbocycles. The van der Waals surface area contributed by atoms with E-state index in [1.54, 1.807) is 29.3 Å². The molecule has 10 rings (SSSR count). The molecule has 2 aliphatic carbocycles. The van der Waals surface area contributed by atoms with Gasteiger partial charge in [-0.3, -0.25) is 34.3 Å². The van der Waals surface area contributed by atoms with E-state index in [1.165, 1.54) is 6.20 Å². The van der Waals surface area contributed by atoms with Crippen molar-refractivity contribution in [2.45, 2.75) is 113 Å². The maximum atomic E-state index is 16.4. The molecule has 4 N–H and O–H groups in total. The number of imide groups is 1. The van der Waals surface area contributed by atoms with Crippen LogP contribution in [0.15, 0.2) is 55.0 Å². The maximum absolute atomic E-state index is 16.4. The molecule has 2 spiro atoms. The number of fused-ring (bicyclic) bond motifs is 4. The standard InChI is InChI=1S/C49H59Cl2FN10O4/c1-47(2)15-17-48(18-16-47)49(35-12-9-32(50)27-36(35)56-45(49)65)39(34-13-19-53-42(51)40(34)52)41(58-48)44(64)55-33-10-7-30(8-11-33)29-60-25-23-59(24-26-60)20-3-5-31-6-4-21-61-38(28-54-43(31)61)62-22-14-37(63)57-46(62)66/h4,6,9,12-13,19,21,27-28,30,33,39,41,58H,3,5,7-8,10-11,14-18,20,22-26,29H2,1-2H3,(H,55,64)(H,56,65)(H,57,63,66)/t30?,33?,39-,41+,49+/m0/s1. The molecule has 5 fully saturated rings. The van der Waals surface area contributed by atoms with Crippen LogP contribution < -0.4 is 26.2 Å². The second kappa shape index (κ2) is 17.8. The number of amides is 5. The van der Waals surface area contributed by atoms with Gasteiger partial charge in [-0.2, -0.15) is 0 Å². The molecule has 14 nitrogen and oxygen atoms in total. The van der Waals surface area contributed by atoms with Crippen molar-refractivity contribution in [1.82, 2.24) is 40.1 Å². The third kappa shape index (κ3) is 8.05. The Hall–Kier alpha value is -4.67. The molecule has 66 heavy (non-hydrogen) atoms. The van der Waals surface area contributed by atoms with E-state index in [-0.39, 0.29) is 46.3 Å². The number of piperazine rings is 1. The van der Waals surface area contributed by atoms with E-state index in [0.29, 0.717) is 41.8 Å². The first-order valence-electron chi connectivity index (χ1n) is 23.8. The van der Waals surface area contributed by atoms with Crippen LogP contribution in [-0.4, -0.2) is 111 Å². The monoisotopic (exact) mass is 940 g/mol. The molecule has 6 aliphatic rings. The fourth-order valence-corrected chi connectivity index (χ4v) is 12.7. The lowest BCUT2D eigenvalue weighted by Gasteiger charge is -2.50. The van der Waals surface area contributed by atoms with E-state index in [1.807, 2.05) is 22.7 Å². The number of urea groups is 1. The van der Waals surface area contributed by atoms with Crippen molar-refractivity contribution in [2.75, 3.05) is 56.0 Å². The normalized spacial score (nSPS) is 27.7. The van der Waals surface area contributed by atoms with Crippen molar-refractivity contribution >= 4 is 64.1 Å². The topological polar surface area (TPSA) is 156 Å². The number of nitrogens with one attached hydrogen (secondary N) is 4. The lowest BCUT2D eigenvalue weighted by atomic mass is 9.53. The van der Waals surface area contributed by atoms with E-state index in [9.17, 15) is 19.2 Å². The van der Waals surface area contributed by atoms with Gasteiger partial charge in [-0.25, -0.2) is 19.2 Å². The zero-order valence-corrected chi connectivity index (χ0v) is 39.2. The molecule has 0 bridgehead atoms.